The first kappa shape index (κ1) is 14.9. The van der Waals surface area contributed by atoms with Crippen molar-refractivity contribution in [1.29, 1.82) is 0 Å². The number of ether oxygens (including phenoxy) is 3. The van der Waals surface area contributed by atoms with Crippen molar-refractivity contribution in [3.05, 3.63) is 4.88 Å². The van der Waals surface area contributed by atoms with Gasteiger partial charge in [0.25, 0.3) is 0 Å². The second-order valence-electron chi connectivity index (χ2n) is 4.57. The lowest BCUT2D eigenvalue weighted by Crippen LogP contribution is -2.26. The van der Waals surface area contributed by atoms with E-state index in [1.54, 1.807) is 0 Å². The molecule has 1 aromatic rings. The number of nitrogen functional groups attached to an aromatic ring is 1. The number of carbonyl (C=O) groups is 1. The lowest BCUT2D eigenvalue weighted by atomic mass is 10.1. The van der Waals surface area contributed by atoms with E-state index in [1.807, 2.05) is 0 Å². The molecular weight excluding hydrogens is 280 g/mol. The largest absolute Gasteiger partial charge is 0.492 e. The van der Waals surface area contributed by atoms with E-state index in [0.717, 1.165) is 24.4 Å². The molecule has 1 aliphatic heterocycles. The molecule has 6 nitrogen and oxygen atoms in total. The van der Waals surface area contributed by atoms with Crippen molar-refractivity contribution in [3.63, 3.8) is 0 Å². The fraction of sp³-hybridized carbons (Fsp3) is 0.615. The zero-order chi connectivity index (χ0) is 14.5. The molecule has 3 N–H and O–H groups in total. The van der Waals surface area contributed by atoms with Crippen LogP contribution in [-0.4, -0.2) is 39.4 Å². The summed E-state index contributed by atoms with van der Waals surface area (Å²) in [7, 11) is 2.86. The van der Waals surface area contributed by atoms with E-state index in [4.69, 9.17) is 19.9 Å². The van der Waals surface area contributed by atoms with E-state index in [-0.39, 0.29) is 6.10 Å². The first-order valence-corrected chi connectivity index (χ1v) is 7.39. The summed E-state index contributed by atoms with van der Waals surface area (Å²) < 4.78 is 15.6. The lowest BCUT2D eigenvalue weighted by Gasteiger charge is -2.23. The quantitative estimate of drug-likeness (QED) is 0.810. The Morgan fingerprint density at radius 1 is 1.50 bits per heavy atom. The van der Waals surface area contributed by atoms with Gasteiger partial charge in [-0.25, -0.2) is 4.79 Å². The summed E-state index contributed by atoms with van der Waals surface area (Å²) in [5.74, 6) is 0.0407. The third kappa shape index (κ3) is 3.16. The van der Waals surface area contributed by atoms with Crippen molar-refractivity contribution in [2.75, 3.05) is 38.4 Å². The van der Waals surface area contributed by atoms with Gasteiger partial charge in [-0.15, -0.1) is 11.3 Å². The molecule has 2 heterocycles. The fourth-order valence-corrected chi connectivity index (χ4v) is 3.18. The molecule has 0 bridgehead atoms. The van der Waals surface area contributed by atoms with Crippen LogP contribution in [-0.2, 0) is 9.47 Å². The first-order valence-electron chi connectivity index (χ1n) is 6.57. The number of nitrogens with one attached hydrogen (secondary N) is 1. The van der Waals surface area contributed by atoms with Gasteiger partial charge in [0.2, 0.25) is 0 Å². The van der Waals surface area contributed by atoms with Crippen LogP contribution in [0.3, 0.4) is 0 Å². The van der Waals surface area contributed by atoms with E-state index in [0.29, 0.717) is 22.9 Å². The van der Waals surface area contributed by atoms with Gasteiger partial charge < -0.3 is 25.3 Å². The van der Waals surface area contributed by atoms with Crippen LogP contribution >= 0.6 is 11.3 Å². The van der Waals surface area contributed by atoms with Gasteiger partial charge in [0.15, 0.2) is 5.75 Å². The third-order valence-corrected chi connectivity index (χ3v) is 4.36. The highest BCUT2D eigenvalue weighted by atomic mass is 32.1. The zero-order valence-corrected chi connectivity index (χ0v) is 12.5. The summed E-state index contributed by atoms with van der Waals surface area (Å²) in [6, 6.07) is 0. The summed E-state index contributed by atoms with van der Waals surface area (Å²) in [6.07, 6.45) is 3.54. The number of esters is 1. The number of anilines is 2. The summed E-state index contributed by atoms with van der Waals surface area (Å²) in [4.78, 5) is 12.0. The molecule has 1 fully saturated rings. The highest BCUT2D eigenvalue weighted by Crippen LogP contribution is 2.42. The van der Waals surface area contributed by atoms with E-state index in [9.17, 15) is 4.79 Å². The average molecular weight is 300 g/mol. The molecule has 0 aromatic carbocycles. The maximum absolute atomic E-state index is 11.6. The van der Waals surface area contributed by atoms with Gasteiger partial charge in [-0.3, -0.25) is 0 Å². The molecule has 2 rings (SSSR count). The van der Waals surface area contributed by atoms with Crippen molar-refractivity contribution in [2.24, 2.45) is 0 Å². The summed E-state index contributed by atoms with van der Waals surface area (Å²) in [6.45, 7) is 1.49. The molecule has 1 unspecified atom stereocenters. The average Bonchev–Trinajstić information content (AvgIpc) is 2.81. The monoisotopic (exact) mass is 300 g/mol. The first-order chi connectivity index (χ1) is 9.67. The molecular formula is C13H20N2O4S. The summed E-state index contributed by atoms with van der Waals surface area (Å²) >= 11 is 1.24. The van der Waals surface area contributed by atoms with Gasteiger partial charge in [-0.1, -0.05) is 0 Å². The van der Waals surface area contributed by atoms with E-state index in [2.05, 4.69) is 5.32 Å². The Hall–Kier alpha value is -1.47. The Morgan fingerprint density at radius 3 is 2.90 bits per heavy atom. The van der Waals surface area contributed by atoms with Crippen LogP contribution in [0.1, 0.15) is 28.9 Å². The number of methoxy groups -OCH3 is 2. The van der Waals surface area contributed by atoms with Crippen LogP contribution in [0.2, 0.25) is 0 Å². The van der Waals surface area contributed by atoms with Gasteiger partial charge in [0.1, 0.15) is 15.6 Å². The Balaban J connectivity index is 2.08. The molecule has 0 amide bonds. The smallest absolute Gasteiger partial charge is 0.350 e. The van der Waals surface area contributed by atoms with Crippen molar-refractivity contribution in [3.8, 4) is 5.75 Å². The van der Waals surface area contributed by atoms with E-state index in [1.165, 1.54) is 32.0 Å². The molecule has 0 spiro atoms. The molecule has 1 atom stereocenters. The standard InChI is InChI=1S/C13H20N2O4S/c1-17-10-9(14)11(13(16)18-2)20-12(10)15-7-8-5-3-4-6-19-8/h8,15H,3-7,14H2,1-2H3. The van der Waals surface area contributed by atoms with Crippen LogP contribution < -0.4 is 15.8 Å². The number of hydrogen-bond acceptors (Lipinski definition) is 7. The Morgan fingerprint density at radius 2 is 2.30 bits per heavy atom. The molecule has 0 aliphatic carbocycles. The summed E-state index contributed by atoms with van der Waals surface area (Å²) in [5.41, 5.74) is 6.23. The normalized spacial score (nSPS) is 18.6. The number of carbonyl (C=O) groups excluding carboxylic acids is 1. The third-order valence-electron chi connectivity index (χ3n) is 3.24. The van der Waals surface area contributed by atoms with Crippen LogP contribution in [0.25, 0.3) is 0 Å². The molecule has 1 aromatic heterocycles. The maximum atomic E-state index is 11.6. The zero-order valence-electron chi connectivity index (χ0n) is 11.7. The Labute approximate surface area is 122 Å². The number of rotatable bonds is 5. The van der Waals surface area contributed by atoms with Crippen molar-refractivity contribution < 1.29 is 19.0 Å². The van der Waals surface area contributed by atoms with Gasteiger partial charge in [0, 0.05) is 13.2 Å². The number of nitrogens with two attached hydrogens (primary N) is 1. The van der Waals surface area contributed by atoms with Crippen LogP contribution in [0.15, 0.2) is 0 Å². The Bertz CT molecular complexity index is 469. The minimum Gasteiger partial charge on any atom is -0.492 e. The van der Waals surface area contributed by atoms with Crippen LogP contribution in [0, 0.1) is 0 Å². The second kappa shape index (κ2) is 6.81. The van der Waals surface area contributed by atoms with Crippen molar-refractivity contribution in [1.82, 2.24) is 0 Å². The fourth-order valence-electron chi connectivity index (χ4n) is 2.17. The minimum atomic E-state index is -0.451. The molecule has 0 saturated carbocycles. The van der Waals surface area contributed by atoms with Crippen molar-refractivity contribution >= 4 is 28.0 Å². The van der Waals surface area contributed by atoms with Gasteiger partial charge in [-0.2, -0.15) is 0 Å². The van der Waals surface area contributed by atoms with Crippen molar-refractivity contribution in [2.45, 2.75) is 25.4 Å². The molecule has 20 heavy (non-hydrogen) atoms. The van der Waals surface area contributed by atoms with E-state index >= 15 is 0 Å². The summed E-state index contributed by atoms with van der Waals surface area (Å²) in [5, 5.41) is 3.99. The second-order valence-corrected chi connectivity index (χ2v) is 5.59. The highest BCUT2D eigenvalue weighted by Gasteiger charge is 2.23. The van der Waals surface area contributed by atoms with Gasteiger partial charge in [-0.05, 0) is 19.3 Å². The van der Waals surface area contributed by atoms with Gasteiger partial charge in [0.05, 0.1) is 20.3 Å². The lowest BCUT2D eigenvalue weighted by molar-refractivity contribution is 0.0248. The molecule has 112 valence electrons. The van der Waals surface area contributed by atoms with Crippen LogP contribution in [0.5, 0.6) is 5.75 Å². The maximum Gasteiger partial charge on any atom is 0.350 e. The topological polar surface area (TPSA) is 82.8 Å². The van der Waals surface area contributed by atoms with E-state index < -0.39 is 5.97 Å². The highest BCUT2D eigenvalue weighted by molar-refractivity contribution is 7.19. The predicted molar refractivity (Wildman–Crippen MR) is 78.7 cm³/mol. The predicted octanol–water partition coefficient (Wildman–Crippen LogP) is 2.11. The SMILES string of the molecule is COC(=O)c1sc(NCC2CCCCO2)c(OC)c1N. The van der Waals surface area contributed by atoms with Gasteiger partial charge >= 0.3 is 5.97 Å². The van der Waals surface area contributed by atoms with Crippen LogP contribution in [0.4, 0.5) is 10.7 Å². The molecule has 7 heteroatoms. The number of thiophene rings is 1. The molecule has 1 aliphatic rings. The molecule has 1 saturated heterocycles. The number of hydrogen-bond donors (Lipinski definition) is 2. The molecule has 0 radical (unpaired) electrons. The minimum absolute atomic E-state index is 0.193. The Kier molecular flexibility index (Phi) is 5.08.